The Bertz CT molecular complexity index is 944. The zero-order valence-electron chi connectivity index (χ0n) is 15.3. The topological polar surface area (TPSA) is 88.3 Å². The minimum atomic E-state index is -0.144. The molecule has 28 heavy (non-hydrogen) atoms. The SMILES string of the molecule is O=C(CCc1nc(-c2cccs2)no1)Nc1ccc(C(=O)N2CCCC2)cc1. The fourth-order valence-corrected chi connectivity index (χ4v) is 3.75. The highest BCUT2D eigenvalue weighted by molar-refractivity contribution is 7.13. The number of anilines is 1. The summed E-state index contributed by atoms with van der Waals surface area (Å²) in [4.78, 5) is 31.6. The number of aryl methyl sites for hydroxylation is 1. The number of hydrogen-bond donors (Lipinski definition) is 1. The fraction of sp³-hybridized carbons (Fsp3) is 0.300. The third-order valence-electron chi connectivity index (χ3n) is 4.58. The van der Waals surface area contributed by atoms with Crippen molar-refractivity contribution in [2.75, 3.05) is 18.4 Å². The van der Waals surface area contributed by atoms with Crippen molar-refractivity contribution in [2.45, 2.75) is 25.7 Å². The molecule has 1 fully saturated rings. The van der Waals surface area contributed by atoms with Gasteiger partial charge in [-0.2, -0.15) is 4.98 Å². The molecule has 1 aliphatic heterocycles. The number of benzene rings is 1. The monoisotopic (exact) mass is 396 g/mol. The second kappa shape index (κ2) is 8.35. The number of aromatic nitrogens is 2. The Morgan fingerprint density at radius 3 is 2.64 bits per heavy atom. The van der Waals surface area contributed by atoms with Gasteiger partial charge in [0.25, 0.3) is 5.91 Å². The first-order valence-corrected chi connectivity index (χ1v) is 10.1. The van der Waals surface area contributed by atoms with E-state index in [1.165, 1.54) is 11.3 Å². The standard InChI is InChI=1S/C20H20N4O3S/c25-17(9-10-18-22-19(23-27-18)16-4-3-13-28-16)21-15-7-5-14(6-8-15)20(26)24-11-1-2-12-24/h3-8,13H,1-2,9-12H2,(H,21,25). The van der Waals surface area contributed by atoms with Gasteiger partial charge in [-0.05, 0) is 48.6 Å². The van der Waals surface area contributed by atoms with Crippen molar-refractivity contribution in [3.63, 3.8) is 0 Å². The average Bonchev–Trinajstić information content (AvgIpc) is 3.49. The lowest BCUT2D eigenvalue weighted by atomic mass is 10.1. The quantitative estimate of drug-likeness (QED) is 0.688. The van der Waals surface area contributed by atoms with Crippen molar-refractivity contribution in [2.24, 2.45) is 0 Å². The molecular weight excluding hydrogens is 376 g/mol. The molecule has 0 unspecified atom stereocenters. The lowest BCUT2D eigenvalue weighted by Gasteiger charge is -2.15. The molecule has 1 aliphatic rings. The third kappa shape index (κ3) is 4.28. The molecule has 144 valence electrons. The Hall–Kier alpha value is -3.00. The maximum absolute atomic E-state index is 12.3. The van der Waals surface area contributed by atoms with Crippen molar-refractivity contribution >= 4 is 28.8 Å². The van der Waals surface area contributed by atoms with Crippen LogP contribution in [0, 0.1) is 0 Å². The predicted molar refractivity (Wildman–Crippen MR) is 106 cm³/mol. The van der Waals surface area contributed by atoms with Gasteiger partial charge in [-0.15, -0.1) is 11.3 Å². The highest BCUT2D eigenvalue weighted by atomic mass is 32.1. The molecule has 0 atom stereocenters. The molecule has 4 rings (SSSR count). The van der Waals surface area contributed by atoms with Crippen LogP contribution in [-0.2, 0) is 11.2 Å². The molecule has 0 bridgehead atoms. The van der Waals surface area contributed by atoms with Gasteiger partial charge in [0, 0.05) is 37.2 Å². The number of carbonyl (C=O) groups excluding carboxylic acids is 2. The summed E-state index contributed by atoms with van der Waals surface area (Å²) in [5.74, 6) is 0.886. The van der Waals surface area contributed by atoms with Gasteiger partial charge in [0.1, 0.15) is 0 Å². The Labute approximate surface area is 166 Å². The third-order valence-corrected chi connectivity index (χ3v) is 5.45. The van der Waals surface area contributed by atoms with Crippen LogP contribution in [0.5, 0.6) is 0 Å². The van der Waals surface area contributed by atoms with Gasteiger partial charge in [0.05, 0.1) is 4.88 Å². The second-order valence-corrected chi connectivity index (χ2v) is 7.56. The number of nitrogens with zero attached hydrogens (tertiary/aromatic N) is 3. The molecule has 0 radical (unpaired) electrons. The van der Waals surface area contributed by atoms with E-state index in [0.717, 1.165) is 30.8 Å². The number of likely N-dealkylation sites (tertiary alicyclic amines) is 1. The minimum Gasteiger partial charge on any atom is -0.339 e. The largest absolute Gasteiger partial charge is 0.339 e. The van der Waals surface area contributed by atoms with Crippen molar-refractivity contribution in [1.82, 2.24) is 15.0 Å². The molecule has 2 aromatic heterocycles. The van der Waals surface area contributed by atoms with E-state index in [9.17, 15) is 9.59 Å². The molecule has 0 spiro atoms. The highest BCUT2D eigenvalue weighted by Gasteiger charge is 2.19. The van der Waals surface area contributed by atoms with Crippen LogP contribution < -0.4 is 5.32 Å². The van der Waals surface area contributed by atoms with Crippen molar-refractivity contribution in [3.8, 4) is 10.7 Å². The molecule has 0 aliphatic carbocycles. The van der Waals surface area contributed by atoms with Gasteiger partial charge in [-0.25, -0.2) is 0 Å². The van der Waals surface area contributed by atoms with Gasteiger partial charge in [0.2, 0.25) is 17.6 Å². The Morgan fingerprint density at radius 1 is 1.14 bits per heavy atom. The highest BCUT2D eigenvalue weighted by Crippen LogP contribution is 2.21. The van der Waals surface area contributed by atoms with E-state index in [1.54, 1.807) is 24.3 Å². The van der Waals surface area contributed by atoms with E-state index >= 15 is 0 Å². The fourth-order valence-electron chi connectivity index (χ4n) is 3.11. The normalized spacial score (nSPS) is 13.6. The average molecular weight is 396 g/mol. The first-order chi connectivity index (χ1) is 13.7. The van der Waals surface area contributed by atoms with E-state index in [4.69, 9.17) is 4.52 Å². The van der Waals surface area contributed by atoms with Crippen LogP contribution in [0.3, 0.4) is 0 Å². The molecule has 2 amide bonds. The van der Waals surface area contributed by atoms with Gasteiger partial charge >= 0.3 is 0 Å². The van der Waals surface area contributed by atoms with Crippen LogP contribution in [-0.4, -0.2) is 39.9 Å². The molecule has 1 saturated heterocycles. The van der Waals surface area contributed by atoms with Crippen LogP contribution >= 0.6 is 11.3 Å². The summed E-state index contributed by atoms with van der Waals surface area (Å²) in [6.07, 6.45) is 2.74. The molecule has 0 saturated carbocycles. The summed E-state index contributed by atoms with van der Waals surface area (Å²) < 4.78 is 5.20. The zero-order chi connectivity index (χ0) is 19.3. The summed E-state index contributed by atoms with van der Waals surface area (Å²) in [5, 5.41) is 8.71. The van der Waals surface area contributed by atoms with E-state index in [0.29, 0.717) is 29.4 Å². The number of thiophene rings is 1. The molecule has 3 aromatic rings. The maximum atomic E-state index is 12.3. The number of hydrogen-bond acceptors (Lipinski definition) is 6. The van der Waals surface area contributed by atoms with E-state index in [-0.39, 0.29) is 18.2 Å². The van der Waals surface area contributed by atoms with E-state index in [2.05, 4.69) is 15.5 Å². The number of nitrogens with one attached hydrogen (secondary N) is 1. The maximum Gasteiger partial charge on any atom is 0.253 e. The predicted octanol–water partition coefficient (Wildman–Crippen LogP) is 3.61. The van der Waals surface area contributed by atoms with E-state index < -0.39 is 0 Å². The van der Waals surface area contributed by atoms with Gasteiger partial charge in [-0.3, -0.25) is 9.59 Å². The minimum absolute atomic E-state index is 0.0494. The first kappa shape index (κ1) is 18.4. The van der Waals surface area contributed by atoms with Gasteiger partial charge < -0.3 is 14.7 Å². The Balaban J connectivity index is 1.28. The smallest absolute Gasteiger partial charge is 0.253 e. The molecule has 3 heterocycles. The van der Waals surface area contributed by atoms with Crippen LogP contribution in [0.25, 0.3) is 10.7 Å². The van der Waals surface area contributed by atoms with Gasteiger partial charge in [0.15, 0.2) is 0 Å². The zero-order valence-corrected chi connectivity index (χ0v) is 16.1. The van der Waals surface area contributed by atoms with Crippen LogP contribution in [0.2, 0.25) is 0 Å². The molecule has 1 N–H and O–H groups in total. The number of amides is 2. The lowest BCUT2D eigenvalue weighted by molar-refractivity contribution is -0.116. The molecule has 1 aromatic carbocycles. The molecule has 8 heteroatoms. The summed E-state index contributed by atoms with van der Waals surface area (Å²) in [6, 6.07) is 10.9. The summed E-state index contributed by atoms with van der Waals surface area (Å²) in [7, 11) is 0. The van der Waals surface area contributed by atoms with Crippen LogP contribution in [0.4, 0.5) is 5.69 Å². The Morgan fingerprint density at radius 2 is 1.93 bits per heavy atom. The van der Waals surface area contributed by atoms with Crippen molar-refractivity contribution in [3.05, 3.63) is 53.2 Å². The van der Waals surface area contributed by atoms with E-state index in [1.807, 2.05) is 22.4 Å². The van der Waals surface area contributed by atoms with Crippen molar-refractivity contribution < 1.29 is 14.1 Å². The van der Waals surface area contributed by atoms with Crippen LogP contribution in [0.1, 0.15) is 35.5 Å². The number of carbonyl (C=O) groups is 2. The molecular formula is C20H20N4O3S. The second-order valence-electron chi connectivity index (χ2n) is 6.61. The summed E-state index contributed by atoms with van der Waals surface area (Å²) >= 11 is 1.54. The first-order valence-electron chi connectivity index (χ1n) is 9.25. The van der Waals surface area contributed by atoms with Crippen LogP contribution in [0.15, 0.2) is 46.3 Å². The number of rotatable bonds is 6. The van der Waals surface area contributed by atoms with Gasteiger partial charge in [-0.1, -0.05) is 11.2 Å². The molecule has 7 nitrogen and oxygen atoms in total. The summed E-state index contributed by atoms with van der Waals surface area (Å²) in [6.45, 7) is 1.64. The Kier molecular flexibility index (Phi) is 5.48. The lowest BCUT2D eigenvalue weighted by Crippen LogP contribution is -2.27. The summed E-state index contributed by atoms with van der Waals surface area (Å²) in [5.41, 5.74) is 1.31. The van der Waals surface area contributed by atoms with Crippen molar-refractivity contribution in [1.29, 1.82) is 0 Å².